The van der Waals surface area contributed by atoms with E-state index < -0.39 is 0 Å². The number of benzene rings is 1. The van der Waals surface area contributed by atoms with E-state index in [1.165, 1.54) is 5.56 Å². The molecule has 1 heterocycles. The second kappa shape index (κ2) is 8.85. The van der Waals surface area contributed by atoms with Gasteiger partial charge in [-0.1, -0.05) is 6.07 Å². The van der Waals surface area contributed by atoms with Crippen molar-refractivity contribution < 1.29 is 14.3 Å². The zero-order valence-corrected chi connectivity index (χ0v) is 15.7. The molecule has 1 aliphatic heterocycles. The molecule has 0 atom stereocenters. The van der Waals surface area contributed by atoms with Crippen molar-refractivity contribution >= 4 is 11.8 Å². The number of piperazine rings is 1. The predicted molar refractivity (Wildman–Crippen MR) is 97.7 cm³/mol. The summed E-state index contributed by atoms with van der Waals surface area (Å²) in [5.41, 5.74) is 2.35. The maximum atomic E-state index is 12.3. The lowest BCUT2D eigenvalue weighted by Gasteiger charge is -2.35. The Kier molecular flexibility index (Phi) is 6.82. The third kappa shape index (κ3) is 5.74. The lowest BCUT2D eigenvalue weighted by atomic mass is 10.1. The highest BCUT2D eigenvalue weighted by atomic mass is 16.5. The summed E-state index contributed by atoms with van der Waals surface area (Å²) in [6.45, 7) is 7.20. The van der Waals surface area contributed by atoms with Gasteiger partial charge in [0.05, 0.1) is 0 Å². The van der Waals surface area contributed by atoms with Crippen LogP contribution in [0.3, 0.4) is 0 Å². The van der Waals surface area contributed by atoms with E-state index in [1.54, 1.807) is 4.90 Å². The summed E-state index contributed by atoms with van der Waals surface area (Å²) in [4.78, 5) is 30.0. The van der Waals surface area contributed by atoms with Gasteiger partial charge in [0.2, 0.25) is 5.91 Å². The highest BCUT2D eigenvalue weighted by Crippen LogP contribution is 2.16. The van der Waals surface area contributed by atoms with Gasteiger partial charge in [0.15, 0.2) is 6.61 Å². The molecule has 0 aliphatic carbocycles. The smallest absolute Gasteiger partial charge is 0.260 e. The average Bonchev–Trinajstić information content (AvgIpc) is 2.60. The van der Waals surface area contributed by atoms with Crippen LogP contribution < -0.4 is 4.74 Å². The maximum absolute atomic E-state index is 12.3. The molecule has 1 aromatic carbocycles. The van der Waals surface area contributed by atoms with Crippen LogP contribution in [0.1, 0.15) is 17.5 Å². The van der Waals surface area contributed by atoms with Crippen LogP contribution in [0, 0.1) is 13.8 Å². The maximum Gasteiger partial charge on any atom is 0.260 e. The van der Waals surface area contributed by atoms with E-state index in [0.29, 0.717) is 38.3 Å². The number of nitrogens with zero attached hydrogens (tertiary/aromatic N) is 3. The van der Waals surface area contributed by atoms with Crippen molar-refractivity contribution in [2.24, 2.45) is 0 Å². The minimum Gasteiger partial charge on any atom is -0.484 e. The quantitative estimate of drug-likeness (QED) is 0.778. The summed E-state index contributed by atoms with van der Waals surface area (Å²) in [5, 5.41) is 0. The van der Waals surface area contributed by atoms with Crippen molar-refractivity contribution in [3.8, 4) is 5.75 Å². The number of rotatable bonds is 6. The SMILES string of the molecule is Cc1ccc(OCC(=O)N2CCN(C(=O)CCN(C)C)CC2)cc1C. The number of hydrogen-bond acceptors (Lipinski definition) is 4. The largest absolute Gasteiger partial charge is 0.484 e. The number of ether oxygens (including phenoxy) is 1. The minimum absolute atomic E-state index is 0.0291. The Balaban J connectivity index is 1.75. The molecule has 0 spiro atoms. The fraction of sp³-hybridized carbons (Fsp3) is 0.579. The summed E-state index contributed by atoms with van der Waals surface area (Å²) >= 11 is 0. The Morgan fingerprint density at radius 1 is 1.00 bits per heavy atom. The molecule has 1 fully saturated rings. The van der Waals surface area contributed by atoms with Gasteiger partial charge in [-0.15, -0.1) is 0 Å². The number of aryl methyl sites for hydroxylation is 2. The second-order valence-corrected chi connectivity index (χ2v) is 6.85. The first-order valence-corrected chi connectivity index (χ1v) is 8.77. The molecule has 2 amide bonds. The zero-order chi connectivity index (χ0) is 18.4. The van der Waals surface area contributed by atoms with E-state index in [1.807, 2.05) is 55.9 Å². The number of amides is 2. The molecule has 1 saturated heterocycles. The molecule has 0 radical (unpaired) electrons. The van der Waals surface area contributed by atoms with Crippen LogP contribution in [0.5, 0.6) is 5.75 Å². The molecule has 6 nitrogen and oxygen atoms in total. The van der Waals surface area contributed by atoms with Crippen molar-refractivity contribution in [3.05, 3.63) is 29.3 Å². The van der Waals surface area contributed by atoms with E-state index in [4.69, 9.17) is 4.74 Å². The fourth-order valence-electron chi connectivity index (χ4n) is 2.72. The molecular formula is C19H29N3O3. The first-order chi connectivity index (χ1) is 11.9. The fourth-order valence-corrected chi connectivity index (χ4v) is 2.72. The van der Waals surface area contributed by atoms with Crippen LogP contribution in [0.4, 0.5) is 0 Å². The van der Waals surface area contributed by atoms with Gasteiger partial charge in [0, 0.05) is 39.1 Å². The van der Waals surface area contributed by atoms with E-state index in [-0.39, 0.29) is 18.4 Å². The van der Waals surface area contributed by atoms with Crippen LogP contribution in [-0.4, -0.2) is 79.9 Å². The molecule has 138 valence electrons. The zero-order valence-electron chi connectivity index (χ0n) is 15.7. The highest BCUT2D eigenvalue weighted by Gasteiger charge is 2.24. The summed E-state index contributed by atoms with van der Waals surface area (Å²) in [5.74, 6) is 0.847. The molecule has 0 aromatic heterocycles. The van der Waals surface area contributed by atoms with Gasteiger partial charge in [-0.05, 0) is 51.2 Å². The van der Waals surface area contributed by atoms with Gasteiger partial charge in [-0.2, -0.15) is 0 Å². The standard InChI is InChI=1S/C19H29N3O3/c1-15-5-6-17(13-16(15)2)25-14-19(24)22-11-9-21(10-12-22)18(23)7-8-20(3)4/h5-6,13H,7-12,14H2,1-4H3. The van der Waals surface area contributed by atoms with Crippen LogP contribution in [0.25, 0.3) is 0 Å². The predicted octanol–water partition coefficient (Wildman–Crippen LogP) is 1.30. The van der Waals surface area contributed by atoms with Crippen molar-refractivity contribution in [1.82, 2.24) is 14.7 Å². The molecule has 25 heavy (non-hydrogen) atoms. The van der Waals surface area contributed by atoms with Crippen LogP contribution in [-0.2, 0) is 9.59 Å². The first kappa shape index (κ1) is 19.2. The number of carbonyl (C=O) groups excluding carboxylic acids is 2. The molecule has 1 aromatic rings. The third-order valence-corrected chi connectivity index (χ3v) is 4.60. The van der Waals surface area contributed by atoms with Gasteiger partial charge >= 0.3 is 0 Å². The minimum atomic E-state index is -0.0291. The monoisotopic (exact) mass is 347 g/mol. The summed E-state index contributed by atoms with van der Waals surface area (Å²) in [6.07, 6.45) is 0.525. The molecule has 6 heteroatoms. The second-order valence-electron chi connectivity index (χ2n) is 6.85. The van der Waals surface area contributed by atoms with Gasteiger partial charge in [-0.25, -0.2) is 0 Å². The highest BCUT2D eigenvalue weighted by molar-refractivity contribution is 5.79. The normalized spacial score (nSPS) is 14.8. The van der Waals surface area contributed by atoms with Crippen molar-refractivity contribution in [3.63, 3.8) is 0 Å². The lowest BCUT2D eigenvalue weighted by molar-refractivity contribution is -0.140. The van der Waals surface area contributed by atoms with Gasteiger partial charge < -0.3 is 19.4 Å². The Morgan fingerprint density at radius 2 is 1.60 bits per heavy atom. The van der Waals surface area contributed by atoms with Crippen molar-refractivity contribution in [2.45, 2.75) is 20.3 Å². The molecule has 2 rings (SSSR count). The van der Waals surface area contributed by atoms with E-state index in [0.717, 1.165) is 12.1 Å². The number of carbonyl (C=O) groups is 2. The van der Waals surface area contributed by atoms with Crippen LogP contribution in [0.15, 0.2) is 18.2 Å². The van der Waals surface area contributed by atoms with E-state index in [2.05, 4.69) is 0 Å². The van der Waals surface area contributed by atoms with Crippen molar-refractivity contribution in [1.29, 1.82) is 0 Å². The summed E-state index contributed by atoms with van der Waals surface area (Å²) < 4.78 is 5.62. The van der Waals surface area contributed by atoms with Crippen molar-refractivity contribution in [2.75, 3.05) is 53.4 Å². The first-order valence-electron chi connectivity index (χ1n) is 8.77. The van der Waals surface area contributed by atoms with Gasteiger partial charge in [-0.3, -0.25) is 9.59 Å². The van der Waals surface area contributed by atoms with Crippen LogP contribution in [0.2, 0.25) is 0 Å². The molecule has 0 unspecified atom stereocenters. The molecule has 0 saturated carbocycles. The Labute approximate surface area is 150 Å². The summed E-state index contributed by atoms with van der Waals surface area (Å²) in [7, 11) is 3.92. The van der Waals surface area contributed by atoms with E-state index >= 15 is 0 Å². The Morgan fingerprint density at radius 3 is 2.16 bits per heavy atom. The average molecular weight is 347 g/mol. The van der Waals surface area contributed by atoms with E-state index in [9.17, 15) is 9.59 Å². The molecule has 0 bridgehead atoms. The van der Waals surface area contributed by atoms with Gasteiger partial charge in [0.25, 0.3) is 5.91 Å². The molecule has 0 N–H and O–H groups in total. The molecule has 1 aliphatic rings. The third-order valence-electron chi connectivity index (χ3n) is 4.60. The summed E-state index contributed by atoms with van der Waals surface area (Å²) in [6, 6.07) is 5.83. The molecular weight excluding hydrogens is 318 g/mol. The lowest BCUT2D eigenvalue weighted by Crippen LogP contribution is -2.51. The Hall–Kier alpha value is -2.08. The van der Waals surface area contributed by atoms with Gasteiger partial charge in [0.1, 0.15) is 5.75 Å². The Bertz CT molecular complexity index is 608. The van der Waals surface area contributed by atoms with Crippen LogP contribution >= 0.6 is 0 Å². The topological polar surface area (TPSA) is 53.1 Å². The number of hydrogen-bond donors (Lipinski definition) is 0.